The van der Waals surface area contributed by atoms with E-state index >= 15 is 0 Å². The average Bonchev–Trinajstić information content (AvgIpc) is 3.04. The summed E-state index contributed by atoms with van der Waals surface area (Å²) in [4.78, 5) is 18.0. The van der Waals surface area contributed by atoms with Crippen LogP contribution >= 0.6 is 11.3 Å². The number of carbonyl (C=O) groups is 1. The summed E-state index contributed by atoms with van der Waals surface area (Å²) in [6.07, 6.45) is 1.01. The van der Waals surface area contributed by atoms with E-state index in [9.17, 15) is 9.90 Å². The smallest absolute Gasteiger partial charge is 0.315 e. The zero-order valence-corrected chi connectivity index (χ0v) is 12.3. The number of benzene rings is 1. The third-order valence-corrected chi connectivity index (χ3v) is 4.65. The normalized spacial score (nSPS) is 14.4. The highest BCUT2D eigenvalue weighted by atomic mass is 32.1. The molecule has 2 heterocycles. The summed E-state index contributed by atoms with van der Waals surface area (Å²) in [6, 6.07) is 8.28. The van der Waals surface area contributed by atoms with E-state index in [-0.39, 0.29) is 0 Å². The molecule has 0 aliphatic carbocycles. The van der Waals surface area contributed by atoms with E-state index in [0.29, 0.717) is 5.69 Å². The number of aliphatic carboxylic acids is 1. The second-order valence-electron chi connectivity index (χ2n) is 5.48. The Labute approximate surface area is 121 Å². The van der Waals surface area contributed by atoms with E-state index in [1.807, 2.05) is 17.5 Å². The molecule has 20 heavy (non-hydrogen) atoms. The van der Waals surface area contributed by atoms with Crippen molar-refractivity contribution < 1.29 is 9.90 Å². The monoisotopic (exact) mass is 288 g/mol. The van der Waals surface area contributed by atoms with Crippen molar-refractivity contribution in [3.05, 3.63) is 40.9 Å². The summed E-state index contributed by atoms with van der Waals surface area (Å²) in [5.74, 6) is -0.851. The Morgan fingerprint density at radius 2 is 2.15 bits per heavy atom. The predicted octanol–water partition coefficient (Wildman–Crippen LogP) is 3.20. The first-order chi connectivity index (χ1) is 9.50. The second kappa shape index (κ2) is 4.59. The quantitative estimate of drug-likeness (QED) is 0.942. The molecule has 0 radical (unpaired) electrons. The third kappa shape index (κ3) is 1.98. The molecule has 0 amide bonds. The minimum atomic E-state index is -0.950. The van der Waals surface area contributed by atoms with E-state index in [2.05, 4.69) is 22.0 Å². The van der Waals surface area contributed by atoms with Crippen LogP contribution in [0.15, 0.2) is 29.6 Å². The molecule has 1 N–H and O–H groups in total. The number of carboxylic acids is 1. The van der Waals surface area contributed by atoms with E-state index in [1.165, 1.54) is 22.6 Å². The topological polar surface area (TPSA) is 53.4 Å². The Hall–Kier alpha value is -1.88. The summed E-state index contributed by atoms with van der Waals surface area (Å²) < 4.78 is 0. The fraction of sp³-hybridized carbons (Fsp3) is 0.333. The van der Waals surface area contributed by atoms with Gasteiger partial charge in [-0.3, -0.25) is 4.79 Å². The highest BCUT2D eigenvalue weighted by Gasteiger charge is 2.33. The van der Waals surface area contributed by atoms with Crippen molar-refractivity contribution in [1.82, 2.24) is 4.98 Å². The first-order valence-corrected chi connectivity index (χ1v) is 7.43. The van der Waals surface area contributed by atoms with Crippen LogP contribution in [-0.2, 0) is 16.6 Å². The number of thiazole rings is 1. The second-order valence-corrected chi connectivity index (χ2v) is 6.31. The molecule has 0 atom stereocenters. The number of rotatable bonds is 3. The SMILES string of the molecule is CC(C)(C(=O)O)c1csc(N2CCc3ccccc32)n1. The van der Waals surface area contributed by atoms with Crippen LogP contribution in [0, 0.1) is 0 Å². The molecule has 4 nitrogen and oxygen atoms in total. The summed E-state index contributed by atoms with van der Waals surface area (Å²) in [6.45, 7) is 4.28. The van der Waals surface area contributed by atoms with Gasteiger partial charge in [-0.1, -0.05) is 18.2 Å². The highest BCUT2D eigenvalue weighted by Crippen LogP contribution is 2.37. The molecule has 0 fully saturated rings. The minimum absolute atomic E-state index is 0.620. The maximum Gasteiger partial charge on any atom is 0.315 e. The Bertz CT molecular complexity index is 663. The molecule has 1 aliphatic rings. The van der Waals surface area contributed by atoms with E-state index in [1.54, 1.807) is 13.8 Å². The number of carboxylic acid groups (broad SMARTS) is 1. The van der Waals surface area contributed by atoms with Gasteiger partial charge in [0.25, 0.3) is 0 Å². The van der Waals surface area contributed by atoms with Crippen LogP contribution in [0.3, 0.4) is 0 Å². The number of hydrogen-bond acceptors (Lipinski definition) is 4. The number of nitrogens with zero attached hydrogens (tertiary/aromatic N) is 2. The van der Waals surface area contributed by atoms with Gasteiger partial charge in [0, 0.05) is 17.6 Å². The molecule has 0 bridgehead atoms. The van der Waals surface area contributed by atoms with Gasteiger partial charge >= 0.3 is 5.97 Å². The largest absolute Gasteiger partial charge is 0.481 e. The number of anilines is 2. The molecular formula is C15H16N2O2S. The van der Waals surface area contributed by atoms with Gasteiger partial charge < -0.3 is 10.0 Å². The van der Waals surface area contributed by atoms with Crippen LogP contribution in [0.2, 0.25) is 0 Å². The van der Waals surface area contributed by atoms with Crippen LogP contribution in [-0.4, -0.2) is 22.6 Å². The van der Waals surface area contributed by atoms with E-state index < -0.39 is 11.4 Å². The number of aromatic nitrogens is 1. The Kier molecular flexibility index (Phi) is 3.01. The molecular weight excluding hydrogens is 272 g/mol. The summed E-state index contributed by atoms with van der Waals surface area (Å²) >= 11 is 1.51. The lowest BCUT2D eigenvalue weighted by molar-refractivity contribution is -0.142. The molecule has 1 aliphatic heterocycles. The van der Waals surface area contributed by atoms with Gasteiger partial charge in [0.05, 0.1) is 5.69 Å². The van der Waals surface area contributed by atoms with Gasteiger partial charge in [-0.15, -0.1) is 11.3 Å². The molecule has 1 aromatic heterocycles. The van der Waals surface area contributed by atoms with Gasteiger partial charge in [-0.2, -0.15) is 0 Å². The van der Waals surface area contributed by atoms with Gasteiger partial charge in [-0.25, -0.2) is 4.98 Å². The summed E-state index contributed by atoms with van der Waals surface area (Å²) in [7, 11) is 0. The lowest BCUT2D eigenvalue weighted by Gasteiger charge is -2.18. The molecule has 1 aromatic carbocycles. The van der Waals surface area contributed by atoms with Crippen LogP contribution in [0.25, 0.3) is 0 Å². The zero-order valence-electron chi connectivity index (χ0n) is 11.5. The van der Waals surface area contributed by atoms with Crippen molar-refractivity contribution >= 4 is 28.1 Å². The lowest BCUT2D eigenvalue weighted by Crippen LogP contribution is -2.29. The van der Waals surface area contributed by atoms with Crippen LogP contribution in [0.5, 0.6) is 0 Å². The number of para-hydroxylation sites is 1. The predicted molar refractivity (Wildman–Crippen MR) is 79.9 cm³/mol. The standard InChI is InChI=1S/C15H16N2O2S/c1-15(2,13(18)19)12-9-20-14(16-12)17-8-7-10-5-3-4-6-11(10)17/h3-6,9H,7-8H2,1-2H3,(H,18,19). The van der Waals surface area contributed by atoms with Crippen molar-refractivity contribution in [2.45, 2.75) is 25.7 Å². The van der Waals surface area contributed by atoms with Crippen molar-refractivity contribution in [3.63, 3.8) is 0 Å². The Balaban J connectivity index is 1.95. The molecule has 3 rings (SSSR count). The lowest BCUT2D eigenvalue weighted by atomic mass is 9.90. The minimum Gasteiger partial charge on any atom is -0.481 e. The maximum atomic E-state index is 11.3. The average molecular weight is 288 g/mol. The van der Waals surface area contributed by atoms with Gasteiger partial charge in [0.15, 0.2) is 5.13 Å². The van der Waals surface area contributed by atoms with E-state index in [4.69, 9.17) is 0 Å². The van der Waals surface area contributed by atoms with E-state index in [0.717, 1.165) is 18.1 Å². The summed E-state index contributed by atoms with van der Waals surface area (Å²) in [5, 5.41) is 12.0. The van der Waals surface area contributed by atoms with Crippen LogP contribution < -0.4 is 4.90 Å². The molecule has 0 spiro atoms. The van der Waals surface area contributed by atoms with Gasteiger partial charge in [0.1, 0.15) is 5.41 Å². The third-order valence-electron chi connectivity index (χ3n) is 3.79. The van der Waals surface area contributed by atoms with Crippen molar-refractivity contribution in [1.29, 1.82) is 0 Å². The zero-order chi connectivity index (χ0) is 14.3. The molecule has 0 saturated heterocycles. The van der Waals surface area contributed by atoms with Crippen LogP contribution in [0.4, 0.5) is 10.8 Å². The number of fused-ring (bicyclic) bond motifs is 1. The van der Waals surface area contributed by atoms with Crippen molar-refractivity contribution in [2.75, 3.05) is 11.4 Å². The fourth-order valence-corrected chi connectivity index (χ4v) is 3.35. The Morgan fingerprint density at radius 1 is 1.40 bits per heavy atom. The van der Waals surface area contributed by atoms with Crippen LogP contribution in [0.1, 0.15) is 25.1 Å². The molecule has 2 aromatic rings. The molecule has 0 unspecified atom stereocenters. The Morgan fingerprint density at radius 3 is 2.90 bits per heavy atom. The molecule has 5 heteroatoms. The van der Waals surface area contributed by atoms with Gasteiger partial charge in [-0.05, 0) is 31.9 Å². The highest BCUT2D eigenvalue weighted by molar-refractivity contribution is 7.13. The fourth-order valence-electron chi connectivity index (χ4n) is 2.32. The maximum absolute atomic E-state index is 11.3. The first kappa shape index (κ1) is 13.1. The first-order valence-electron chi connectivity index (χ1n) is 6.55. The molecule has 0 saturated carbocycles. The summed E-state index contributed by atoms with van der Waals surface area (Å²) in [5.41, 5.74) is 2.17. The number of hydrogen-bond donors (Lipinski definition) is 1. The van der Waals surface area contributed by atoms with Crippen molar-refractivity contribution in [3.8, 4) is 0 Å². The van der Waals surface area contributed by atoms with Gasteiger partial charge in [0.2, 0.25) is 0 Å². The van der Waals surface area contributed by atoms with Crippen molar-refractivity contribution in [2.24, 2.45) is 0 Å². The molecule has 104 valence electrons.